The van der Waals surface area contributed by atoms with Crippen molar-refractivity contribution in [2.75, 3.05) is 0 Å². The van der Waals surface area contributed by atoms with Crippen LogP contribution in [0.1, 0.15) is 30.5 Å². The molecule has 0 aromatic heterocycles. The van der Waals surface area contributed by atoms with Crippen molar-refractivity contribution in [3.8, 4) is 34.5 Å². The van der Waals surface area contributed by atoms with Crippen LogP contribution in [0.4, 0.5) is 0 Å². The third-order valence-corrected chi connectivity index (χ3v) is 6.67. The van der Waals surface area contributed by atoms with Gasteiger partial charge in [-0.25, -0.2) is 0 Å². The number of fused-ring (bicyclic) bond motifs is 1. The van der Waals surface area contributed by atoms with Crippen LogP contribution in [0.25, 0.3) is 10.8 Å². The predicted octanol–water partition coefficient (Wildman–Crippen LogP) is 9.49. The molecule has 0 radical (unpaired) electrons. The minimum Gasteiger partial charge on any atom is -0.504 e. The van der Waals surface area contributed by atoms with Crippen LogP contribution in [0.3, 0.4) is 0 Å². The lowest BCUT2D eigenvalue weighted by atomic mass is 10.1. The lowest BCUT2D eigenvalue weighted by Crippen LogP contribution is -2.01. The average molecular weight is 525 g/mol. The average Bonchev–Trinajstić information content (AvgIpc) is 2.96. The predicted molar refractivity (Wildman–Crippen MR) is 153 cm³/mol. The summed E-state index contributed by atoms with van der Waals surface area (Å²) in [6, 6.07) is 30.7. The van der Waals surface area contributed by atoms with E-state index in [1.165, 1.54) is 11.1 Å². The standard InChI is InChI=1S/C33H29ClO4/c1-3-22-10-15-26(16-11-22)37-32-30(35)28-19-14-25(34)20-29(28)31(36-21-24-8-6-5-7-9-24)33(32)38-27-17-12-23(4-2)13-18-27/h5-20,35H,3-4,21H2,1-2H3. The lowest BCUT2D eigenvalue weighted by molar-refractivity contribution is 0.289. The van der Waals surface area contributed by atoms with Crippen molar-refractivity contribution in [3.63, 3.8) is 0 Å². The van der Waals surface area contributed by atoms with E-state index >= 15 is 0 Å². The van der Waals surface area contributed by atoms with Gasteiger partial charge in [0.15, 0.2) is 11.5 Å². The molecule has 5 heteroatoms. The first-order valence-corrected chi connectivity index (χ1v) is 13.1. The number of phenols is 1. The molecule has 0 saturated heterocycles. The third kappa shape index (κ3) is 5.56. The number of aryl methyl sites for hydroxylation is 2. The van der Waals surface area contributed by atoms with E-state index in [1.54, 1.807) is 18.2 Å². The van der Waals surface area contributed by atoms with Crippen LogP contribution in [0.2, 0.25) is 5.02 Å². The maximum Gasteiger partial charge on any atom is 0.216 e. The van der Waals surface area contributed by atoms with Crippen LogP contribution in [0.15, 0.2) is 97.1 Å². The Kier molecular flexibility index (Phi) is 7.71. The Balaban J connectivity index is 1.67. The van der Waals surface area contributed by atoms with E-state index in [0.29, 0.717) is 39.7 Å². The summed E-state index contributed by atoms with van der Waals surface area (Å²) >= 11 is 6.39. The topological polar surface area (TPSA) is 47.9 Å². The van der Waals surface area contributed by atoms with E-state index in [4.69, 9.17) is 25.8 Å². The molecule has 0 unspecified atom stereocenters. The summed E-state index contributed by atoms with van der Waals surface area (Å²) in [6.45, 7) is 4.50. The smallest absolute Gasteiger partial charge is 0.216 e. The van der Waals surface area contributed by atoms with Crippen molar-refractivity contribution in [1.82, 2.24) is 0 Å². The number of halogens is 1. The van der Waals surface area contributed by atoms with E-state index < -0.39 is 0 Å². The Morgan fingerprint density at radius 2 is 1.18 bits per heavy atom. The Morgan fingerprint density at radius 1 is 0.605 bits per heavy atom. The molecule has 0 bridgehead atoms. The van der Waals surface area contributed by atoms with Crippen LogP contribution in [-0.2, 0) is 19.4 Å². The second-order valence-corrected chi connectivity index (χ2v) is 9.44. The normalized spacial score (nSPS) is 10.9. The van der Waals surface area contributed by atoms with Gasteiger partial charge < -0.3 is 19.3 Å². The van der Waals surface area contributed by atoms with Crippen molar-refractivity contribution < 1.29 is 19.3 Å². The lowest BCUT2D eigenvalue weighted by Gasteiger charge is -2.21. The maximum absolute atomic E-state index is 11.4. The summed E-state index contributed by atoms with van der Waals surface area (Å²) in [4.78, 5) is 0. The number of rotatable bonds is 9. The minimum atomic E-state index is -0.0523. The van der Waals surface area contributed by atoms with Gasteiger partial charge in [-0.3, -0.25) is 0 Å². The highest BCUT2D eigenvalue weighted by Crippen LogP contribution is 2.54. The molecule has 0 atom stereocenters. The van der Waals surface area contributed by atoms with E-state index in [0.717, 1.165) is 18.4 Å². The number of hydrogen-bond donors (Lipinski definition) is 1. The highest BCUT2D eigenvalue weighted by molar-refractivity contribution is 6.31. The summed E-state index contributed by atoms with van der Waals surface area (Å²) in [5, 5.41) is 13.1. The fraction of sp³-hybridized carbons (Fsp3) is 0.152. The van der Waals surface area contributed by atoms with Crippen molar-refractivity contribution in [2.45, 2.75) is 33.3 Å². The first kappa shape index (κ1) is 25.5. The highest BCUT2D eigenvalue weighted by atomic mass is 35.5. The molecule has 0 saturated carbocycles. The largest absolute Gasteiger partial charge is 0.504 e. The molecule has 0 spiro atoms. The maximum atomic E-state index is 11.4. The molecule has 0 heterocycles. The van der Waals surface area contributed by atoms with Crippen LogP contribution in [0.5, 0.6) is 34.5 Å². The Morgan fingerprint density at radius 3 is 1.76 bits per heavy atom. The van der Waals surface area contributed by atoms with Gasteiger partial charge in [0.2, 0.25) is 11.5 Å². The Hall–Kier alpha value is -4.15. The number of hydrogen-bond acceptors (Lipinski definition) is 4. The quantitative estimate of drug-likeness (QED) is 0.208. The summed E-state index contributed by atoms with van der Waals surface area (Å²) < 4.78 is 19.1. The van der Waals surface area contributed by atoms with Crippen LogP contribution >= 0.6 is 11.6 Å². The van der Waals surface area contributed by atoms with Crippen molar-refractivity contribution in [2.24, 2.45) is 0 Å². The van der Waals surface area contributed by atoms with Crippen LogP contribution in [0, 0.1) is 0 Å². The molecule has 192 valence electrons. The molecule has 4 nitrogen and oxygen atoms in total. The summed E-state index contributed by atoms with van der Waals surface area (Å²) in [7, 11) is 0. The number of phenolic OH excluding ortho intramolecular Hbond substituents is 1. The van der Waals surface area contributed by atoms with Gasteiger partial charge in [-0.1, -0.05) is 80.0 Å². The number of benzene rings is 5. The fourth-order valence-electron chi connectivity index (χ4n) is 4.25. The zero-order valence-corrected chi connectivity index (χ0v) is 22.2. The zero-order chi connectivity index (χ0) is 26.5. The second kappa shape index (κ2) is 11.5. The van der Waals surface area contributed by atoms with Gasteiger partial charge in [0.1, 0.15) is 18.1 Å². The third-order valence-electron chi connectivity index (χ3n) is 6.44. The summed E-state index contributed by atoms with van der Waals surface area (Å²) in [5.41, 5.74) is 3.37. The molecular formula is C33H29ClO4. The Labute approximate surface area is 228 Å². The van der Waals surface area contributed by atoms with E-state index in [2.05, 4.69) is 13.8 Å². The van der Waals surface area contributed by atoms with E-state index in [-0.39, 0.29) is 17.2 Å². The minimum absolute atomic E-state index is 0.0523. The molecule has 0 fully saturated rings. The van der Waals surface area contributed by atoms with Gasteiger partial charge in [0.25, 0.3) is 0 Å². The SMILES string of the molecule is CCc1ccc(Oc2c(Oc3ccc(CC)cc3)c(OCc3ccccc3)c3cc(Cl)ccc3c2O)cc1. The molecule has 5 aromatic rings. The first-order chi connectivity index (χ1) is 18.6. The molecule has 0 amide bonds. The monoisotopic (exact) mass is 524 g/mol. The molecule has 0 aliphatic carbocycles. The molecular weight excluding hydrogens is 496 g/mol. The van der Waals surface area contributed by atoms with Gasteiger partial charge >= 0.3 is 0 Å². The molecule has 0 aliphatic heterocycles. The molecule has 5 rings (SSSR count). The van der Waals surface area contributed by atoms with E-state index in [9.17, 15) is 5.11 Å². The van der Waals surface area contributed by atoms with Crippen molar-refractivity contribution in [1.29, 1.82) is 0 Å². The van der Waals surface area contributed by atoms with Crippen molar-refractivity contribution in [3.05, 3.63) is 119 Å². The summed E-state index contributed by atoms with van der Waals surface area (Å²) in [6.07, 6.45) is 1.84. The van der Waals surface area contributed by atoms with Crippen molar-refractivity contribution >= 4 is 22.4 Å². The molecule has 5 aromatic carbocycles. The van der Waals surface area contributed by atoms with Gasteiger partial charge in [0, 0.05) is 15.8 Å². The van der Waals surface area contributed by atoms with Gasteiger partial charge in [0.05, 0.1) is 0 Å². The van der Waals surface area contributed by atoms with Gasteiger partial charge in [-0.2, -0.15) is 0 Å². The highest BCUT2D eigenvalue weighted by Gasteiger charge is 2.25. The second-order valence-electron chi connectivity index (χ2n) is 9.00. The van der Waals surface area contributed by atoms with Gasteiger partial charge in [-0.05, 0) is 72.0 Å². The Bertz CT molecular complexity index is 1530. The summed E-state index contributed by atoms with van der Waals surface area (Å²) in [5.74, 6) is 2.00. The van der Waals surface area contributed by atoms with E-state index in [1.807, 2.05) is 78.9 Å². The molecule has 38 heavy (non-hydrogen) atoms. The van der Waals surface area contributed by atoms with Crippen LogP contribution in [-0.4, -0.2) is 5.11 Å². The van der Waals surface area contributed by atoms with Gasteiger partial charge in [-0.15, -0.1) is 0 Å². The molecule has 1 N–H and O–H groups in total. The van der Waals surface area contributed by atoms with Crippen LogP contribution < -0.4 is 14.2 Å². The zero-order valence-electron chi connectivity index (χ0n) is 21.4. The number of aromatic hydroxyl groups is 1. The first-order valence-electron chi connectivity index (χ1n) is 12.7. The molecule has 0 aliphatic rings. The fourth-order valence-corrected chi connectivity index (χ4v) is 4.42. The number of ether oxygens (including phenoxy) is 3.